The molecule has 6 nitrogen and oxygen atoms in total. The van der Waals surface area contributed by atoms with E-state index >= 15 is 0 Å². The summed E-state index contributed by atoms with van der Waals surface area (Å²) in [5.41, 5.74) is 6.31. The van der Waals surface area contributed by atoms with Gasteiger partial charge in [-0.1, -0.05) is 66.7 Å². The van der Waals surface area contributed by atoms with Crippen LogP contribution in [-0.4, -0.2) is 37.1 Å². The minimum absolute atomic E-state index is 0.0889. The fourth-order valence-corrected chi connectivity index (χ4v) is 5.98. The normalized spacial score (nSPS) is 14.4. The second-order valence-corrected chi connectivity index (χ2v) is 10.7. The van der Waals surface area contributed by atoms with E-state index < -0.39 is 0 Å². The van der Waals surface area contributed by atoms with E-state index in [1.54, 1.807) is 10.8 Å². The minimum atomic E-state index is -0.0889. The Hall–Kier alpha value is -4.81. The maximum Gasteiger partial charge on any atom is 0.266 e. The number of hydrogen-bond acceptors (Lipinski definition) is 4. The van der Waals surface area contributed by atoms with Gasteiger partial charge < -0.3 is 4.57 Å². The summed E-state index contributed by atoms with van der Waals surface area (Å²) >= 11 is 0. The molecule has 0 radical (unpaired) electrons. The van der Waals surface area contributed by atoms with Crippen molar-refractivity contribution in [3.8, 4) is 28.3 Å². The monoisotopic (exact) mass is 537 g/mol. The Morgan fingerprint density at radius 3 is 2.24 bits per heavy atom. The molecule has 1 fully saturated rings. The van der Waals surface area contributed by atoms with Crippen LogP contribution in [0.3, 0.4) is 0 Å². The molecule has 41 heavy (non-hydrogen) atoms. The van der Waals surface area contributed by atoms with Crippen LogP contribution in [0.2, 0.25) is 0 Å². The summed E-state index contributed by atoms with van der Waals surface area (Å²) in [5, 5.41) is 0. The van der Waals surface area contributed by atoms with Gasteiger partial charge in [0.2, 0.25) is 0 Å². The van der Waals surface area contributed by atoms with Gasteiger partial charge >= 0.3 is 0 Å². The molecule has 0 saturated carbocycles. The molecule has 0 bridgehead atoms. The third kappa shape index (κ3) is 4.98. The van der Waals surface area contributed by atoms with Gasteiger partial charge in [0, 0.05) is 49.3 Å². The Bertz CT molecular complexity index is 1840. The largest absolute Gasteiger partial charge is 0.321 e. The molecule has 3 aromatic carbocycles. The number of aromatic nitrogens is 4. The van der Waals surface area contributed by atoms with Crippen LogP contribution >= 0.6 is 0 Å². The number of nitrogens with zero attached hydrogens (tertiary/aromatic N) is 5. The van der Waals surface area contributed by atoms with Crippen molar-refractivity contribution in [3.05, 3.63) is 138 Å². The number of imidazole rings is 1. The fraction of sp³-hybridized carbons (Fsp3) is 0.171. The number of benzene rings is 3. The second kappa shape index (κ2) is 11.0. The average molecular weight is 538 g/mol. The molecule has 1 saturated heterocycles. The number of piperidine rings is 1. The highest BCUT2D eigenvalue weighted by molar-refractivity contribution is 5.81. The lowest BCUT2D eigenvalue weighted by Gasteiger charge is -2.33. The third-order valence-corrected chi connectivity index (χ3v) is 8.02. The quantitative estimate of drug-likeness (QED) is 0.236. The molecule has 4 heterocycles. The number of hydrogen-bond donors (Lipinski definition) is 0. The Morgan fingerprint density at radius 1 is 0.780 bits per heavy atom. The molecule has 0 unspecified atom stereocenters. The molecular formula is C35H31N5O. The Kier molecular flexibility index (Phi) is 6.75. The van der Waals surface area contributed by atoms with E-state index in [0.717, 1.165) is 66.3 Å². The first-order valence-electron chi connectivity index (χ1n) is 14.2. The van der Waals surface area contributed by atoms with Gasteiger partial charge in [-0.2, -0.15) is 0 Å². The second-order valence-electron chi connectivity index (χ2n) is 10.7. The molecule has 6 aromatic rings. The summed E-state index contributed by atoms with van der Waals surface area (Å²) in [6, 6.07) is 36.7. The number of fused-ring (bicyclic) bond motifs is 1. The zero-order chi connectivity index (χ0) is 27.6. The van der Waals surface area contributed by atoms with E-state index in [4.69, 9.17) is 4.98 Å². The molecule has 0 amide bonds. The van der Waals surface area contributed by atoms with Gasteiger partial charge in [0.15, 0.2) is 0 Å². The molecule has 202 valence electrons. The van der Waals surface area contributed by atoms with Crippen LogP contribution in [0.4, 0.5) is 0 Å². The van der Waals surface area contributed by atoms with Crippen molar-refractivity contribution in [1.82, 2.24) is 24.0 Å². The summed E-state index contributed by atoms with van der Waals surface area (Å²) in [6.45, 7) is 2.94. The minimum Gasteiger partial charge on any atom is -0.321 e. The van der Waals surface area contributed by atoms with E-state index in [0.29, 0.717) is 5.56 Å². The predicted molar refractivity (Wildman–Crippen MR) is 164 cm³/mol. The molecule has 3 aromatic heterocycles. The van der Waals surface area contributed by atoms with E-state index in [1.165, 1.54) is 5.56 Å². The van der Waals surface area contributed by atoms with Gasteiger partial charge in [0.25, 0.3) is 5.56 Å². The lowest BCUT2D eigenvalue weighted by Crippen LogP contribution is -2.34. The smallest absolute Gasteiger partial charge is 0.266 e. The van der Waals surface area contributed by atoms with Crippen LogP contribution in [0.15, 0.2) is 126 Å². The van der Waals surface area contributed by atoms with E-state index in [-0.39, 0.29) is 11.6 Å². The van der Waals surface area contributed by atoms with Crippen LogP contribution in [-0.2, 0) is 6.54 Å². The fourth-order valence-electron chi connectivity index (χ4n) is 5.98. The van der Waals surface area contributed by atoms with Crippen molar-refractivity contribution >= 4 is 11.0 Å². The predicted octanol–water partition coefficient (Wildman–Crippen LogP) is 6.75. The van der Waals surface area contributed by atoms with E-state index in [2.05, 4.69) is 56.9 Å². The van der Waals surface area contributed by atoms with Crippen molar-refractivity contribution < 1.29 is 0 Å². The SMILES string of the molecule is O=c1c(-c2nc3ccccc3n2C2CCN(Cc3ccccc3)CC2)cc(-c2ccccn2)cn1-c1ccccc1. The summed E-state index contributed by atoms with van der Waals surface area (Å²) in [6.07, 6.45) is 5.66. The summed E-state index contributed by atoms with van der Waals surface area (Å²) in [7, 11) is 0. The summed E-state index contributed by atoms with van der Waals surface area (Å²) < 4.78 is 4.05. The highest BCUT2D eigenvalue weighted by Crippen LogP contribution is 2.34. The van der Waals surface area contributed by atoms with Crippen LogP contribution < -0.4 is 5.56 Å². The van der Waals surface area contributed by atoms with Crippen molar-refractivity contribution in [3.63, 3.8) is 0 Å². The maximum absolute atomic E-state index is 14.2. The van der Waals surface area contributed by atoms with Gasteiger partial charge in [0.1, 0.15) is 5.82 Å². The number of para-hydroxylation sites is 3. The van der Waals surface area contributed by atoms with Crippen molar-refractivity contribution in [2.24, 2.45) is 0 Å². The topological polar surface area (TPSA) is 56.0 Å². The highest BCUT2D eigenvalue weighted by Gasteiger charge is 2.27. The van der Waals surface area contributed by atoms with Crippen molar-refractivity contribution in [2.75, 3.05) is 13.1 Å². The molecule has 0 aliphatic carbocycles. The first-order valence-corrected chi connectivity index (χ1v) is 14.2. The highest BCUT2D eigenvalue weighted by atomic mass is 16.1. The Labute approximate surface area is 239 Å². The summed E-state index contributed by atoms with van der Waals surface area (Å²) in [4.78, 5) is 26.4. The number of rotatable bonds is 6. The number of likely N-dealkylation sites (tertiary alicyclic amines) is 1. The average Bonchev–Trinajstić information content (AvgIpc) is 3.42. The lowest BCUT2D eigenvalue weighted by molar-refractivity contribution is 0.182. The van der Waals surface area contributed by atoms with Crippen LogP contribution in [0, 0.1) is 0 Å². The van der Waals surface area contributed by atoms with Crippen molar-refractivity contribution in [2.45, 2.75) is 25.4 Å². The molecule has 7 rings (SSSR count). The lowest BCUT2D eigenvalue weighted by atomic mass is 10.0. The molecule has 0 N–H and O–H groups in total. The van der Waals surface area contributed by atoms with Gasteiger partial charge in [-0.15, -0.1) is 0 Å². The number of pyridine rings is 2. The molecule has 0 spiro atoms. The van der Waals surface area contributed by atoms with Gasteiger partial charge in [0.05, 0.1) is 22.3 Å². The van der Waals surface area contributed by atoms with Crippen molar-refractivity contribution in [1.29, 1.82) is 0 Å². The zero-order valence-corrected chi connectivity index (χ0v) is 22.8. The van der Waals surface area contributed by atoms with Crippen LogP contribution in [0.5, 0.6) is 0 Å². The first-order chi connectivity index (χ1) is 20.2. The molecule has 6 heteroatoms. The molecule has 1 aliphatic heterocycles. The summed E-state index contributed by atoms with van der Waals surface area (Å²) in [5.74, 6) is 0.722. The Morgan fingerprint density at radius 2 is 1.49 bits per heavy atom. The van der Waals surface area contributed by atoms with Crippen LogP contribution in [0.25, 0.3) is 39.4 Å². The van der Waals surface area contributed by atoms with Gasteiger partial charge in [-0.05, 0) is 60.9 Å². The first kappa shape index (κ1) is 25.2. The van der Waals surface area contributed by atoms with Gasteiger partial charge in [-0.25, -0.2) is 4.98 Å². The molecular weight excluding hydrogens is 506 g/mol. The van der Waals surface area contributed by atoms with Crippen LogP contribution in [0.1, 0.15) is 24.4 Å². The third-order valence-electron chi connectivity index (χ3n) is 8.02. The Balaban J connectivity index is 1.33. The maximum atomic E-state index is 14.2. The van der Waals surface area contributed by atoms with Gasteiger partial charge in [-0.3, -0.25) is 19.2 Å². The molecule has 1 aliphatic rings. The van der Waals surface area contributed by atoms with E-state index in [1.807, 2.05) is 72.9 Å². The zero-order valence-electron chi connectivity index (χ0n) is 22.8. The standard InChI is InChI=1S/C35H31N5O/c41-35-30(23-27(31-15-9-10-20-36-31)25-39(35)28-13-5-2-6-14-28)34-37-32-16-7-8-17-33(32)40(34)29-18-21-38(22-19-29)24-26-11-3-1-4-12-26/h1-17,20,23,25,29H,18-19,21-22,24H2. The molecule has 0 atom stereocenters. The van der Waals surface area contributed by atoms with E-state index in [9.17, 15) is 4.79 Å².